The Bertz CT molecular complexity index is 621. The Balaban J connectivity index is 1.79. The molecule has 2 aromatic rings. The standard InChI is InChI=1S/C20H26N2O2/c1-2-3-4-5-6-7-8-9-16-14-21-19(22-15-16)17-10-12-18(13-11-17)20(23)24/h10-15H,2-9H2,1H3,(H,23,24). The van der Waals surface area contributed by atoms with E-state index in [4.69, 9.17) is 5.11 Å². The summed E-state index contributed by atoms with van der Waals surface area (Å²) in [5, 5.41) is 8.91. The lowest BCUT2D eigenvalue weighted by Gasteiger charge is -2.04. The molecule has 0 aliphatic rings. The third-order valence-corrected chi connectivity index (χ3v) is 4.16. The zero-order valence-corrected chi connectivity index (χ0v) is 14.4. The van der Waals surface area contributed by atoms with Gasteiger partial charge in [0.2, 0.25) is 0 Å². The van der Waals surface area contributed by atoms with E-state index in [-0.39, 0.29) is 5.56 Å². The summed E-state index contributed by atoms with van der Waals surface area (Å²) in [5.41, 5.74) is 2.27. The molecule has 1 N–H and O–H groups in total. The predicted molar refractivity (Wildman–Crippen MR) is 96.1 cm³/mol. The maximum absolute atomic E-state index is 10.9. The fourth-order valence-electron chi connectivity index (χ4n) is 2.68. The number of nitrogens with zero attached hydrogens (tertiary/aromatic N) is 2. The van der Waals surface area contributed by atoms with E-state index >= 15 is 0 Å². The first-order chi connectivity index (χ1) is 11.7. The Morgan fingerprint density at radius 2 is 1.50 bits per heavy atom. The summed E-state index contributed by atoms with van der Waals surface area (Å²) in [4.78, 5) is 19.7. The molecule has 1 aromatic carbocycles. The average molecular weight is 326 g/mol. The van der Waals surface area contributed by atoms with Crippen LogP contribution in [-0.2, 0) is 6.42 Å². The van der Waals surface area contributed by atoms with Gasteiger partial charge in [-0.3, -0.25) is 0 Å². The maximum atomic E-state index is 10.9. The fraction of sp³-hybridized carbons (Fsp3) is 0.450. The molecule has 4 nitrogen and oxygen atoms in total. The van der Waals surface area contributed by atoms with E-state index in [0.29, 0.717) is 5.82 Å². The molecule has 0 atom stereocenters. The molecular formula is C20H26N2O2. The molecule has 0 radical (unpaired) electrons. The molecule has 0 amide bonds. The smallest absolute Gasteiger partial charge is 0.335 e. The van der Waals surface area contributed by atoms with Crippen LogP contribution in [0, 0.1) is 0 Å². The van der Waals surface area contributed by atoms with Crippen molar-refractivity contribution < 1.29 is 9.90 Å². The molecule has 0 aliphatic carbocycles. The molecule has 0 spiro atoms. The third-order valence-electron chi connectivity index (χ3n) is 4.16. The fourth-order valence-corrected chi connectivity index (χ4v) is 2.68. The van der Waals surface area contributed by atoms with Gasteiger partial charge in [-0.05, 0) is 30.5 Å². The number of aromatic nitrogens is 2. The van der Waals surface area contributed by atoms with Crippen molar-refractivity contribution >= 4 is 5.97 Å². The minimum atomic E-state index is -0.924. The number of carboxylic acids is 1. The van der Waals surface area contributed by atoms with E-state index in [9.17, 15) is 4.79 Å². The van der Waals surface area contributed by atoms with E-state index in [1.165, 1.54) is 44.9 Å². The maximum Gasteiger partial charge on any atom is 0.335 e. The van der Waals surface area contributed by atoms with Crippen molar-refractivity contribution in [3.05, 3.63) is 47.8 Å². The molecule has 0 bridgehead atoms. The molecule has 0 unspecified atom stereocenters. The van der Waals surface area contributed by atoms with Gasteiger partial charge in [0.25, 0.3) is 0 Å². The second-order valence-corrected chi connectivity index (χ2v) is 6.17. The average Bonchev–Trinajstić information content (AvgIpc) is 2.61. The molecule has 1 aromatic heterocycles. The van der Waals surface area contributed by atoms with Crippen LogP contribution in [0.25, 0.3) is 11.4 Å². The minimum Gasteiger partial charge on any atom is -0.478 e. The number of rotatable bonds is 10. The lowest BCUT2D eigenvalue weighted by atomic mass is 10.1. The highest BCUT2D eigenvalue weighted by Gasteiger charge is 2.05. The van der Waals surface area contributed by atoms with E-state index in [2.05, 4.69) is 16.9 Å². The first kappa shape index (κ1) is 18.1. The molecule has 1 heterocycles. The second-order valence-electron chi connectivity index (χ2n) is 6.17. The molecule has 24 heavy (non-hydrogen) atoms. The van der Waals surface area contributed by atoms with Crippen molar-refractivity contribution in [3.8, 4) is 11.4 Å². The zero-order valence-electron chi connectivity index (χ0n) is 14.4. The molecule has 2 rings (SSSR count). The highest BCUT2D eigenvalue weighted by atomic mass is 16.4. The topological polar surface area (TPSA) is 63.1 Å². The number of carbonyl (C=O) groups is 1. The zero-order chi connectivity index (χ0) is 17.2. The summed E-state index contributed by atoms with van der Waals surface area (Å²) >= 11 is 0. The van der Waals surface area contributed by atoms with Gasteiger partial charge in [-0.1, -0.05) is 57.6 Å². The van der Waals surface area contributed by atoms with E-state index < -0.39 is 5.97 Å². The highest BCUT2D eigenvalue weighted by molar-refractivity contribution is 5.88. The summed E-state index contributed by atoms with van der Waals surface area (Å²) in [7, 11) is 0. The highest BCUT2D eigenvalue weighted by Crippen LogP contribution is 2.16. The van der Waals surface area contributed by atoms with Crippen LogP contribution in [0.1, 0.15) is 67.8 Å². The molecule has 128 valence electrons. The normalized spacial score (nSPS) is 10.7. The van der Waals surface area contributed by atoms with Gasteiger partial charge in [0.1, 0.15) is 0 Å². The van der Waals surface area contributed by atoms with Crippen LogP contribution in [0.15, 0.2) is 36.7 Å². The van der Waals surface area contributed by atoms with Gasteiger partial charge in [0.15, 0.2) is 5.82 Å². The largest absolute Gasteiger partial charge is 0.478 e. The Morgan fingerprint density at radius 3 is 2.08 bits per heavy atom. The predicted octanol–water partition coefficient (Wildman–Crippen LogP) is 5.13. The molecule has 0 saturated heterocycles. The molecule has 0 fully saturated rings. The quantitative estimate of drug-likeness (QED) is 0.614. The van der Waals surface area contributed by atoms with Crippen LogP contribution >= 0.6 is 0 Å². The lowest BCUT2D eigenvalue weighted by molar-refractivity contribution is 0.0697. The van der Waals surface area contributed by atoms with Crippen LogP contribution in [0.4, 0.5) is 0 Å². The summed E-state index contributed by atoms with van der Waals surface area (Å²) in [6.45, 7) is 2.24. The van der Waals surface area contributed by atoms with E-state index in [0.717, 1.165) is 17.5 Å². The van der Waals surface area contributed by atoms with Crippen LogP contribution in [0.2, 0.25) is 0 Å². The van der Waals surface area contributed by atoms with Crippen molar-refractivity contribution in [2.75, 3.05) is 0 Å². The Kier molecular flexibility index (Phi) is 7.40. The van der Waals surface area contributed by atoms with Crippen molar-refractivity contribution in [1.82, 2.24) is 9.97 Å². The van der Waals surface area contributed by atoms with Crippen molar-refractivity contribution in [2.24, 2.45) is 0 Å². The van der Waals surface area contributed by atoms with Crippen LogP contribution in [-0.4, -0.2) is 21.0 Å². The number of carboxylic acid groups (broad SMARTS) is 1. The Morgan fingerprint density at radius 1 is 0.917 bits per heavy atom. The van der Waals surface area contributed by atoms with Crippen molar-refractivity contribution in [3.63, 3.8) is 0 Å². The number of aryl methyl sites for hydroxylation is 1. The number of aromatic carboxylic acids is 1. The Labute approximate surface area is 144 Å². The number of benzene rings is 1. The summed E-state index contributed by atoms with van der Waals surface area (Å²) in [6, 6.07) is 6.64. The molecule has 0 saturated carbocycles. The SMILES string of the molecule is CCCCCCCCCc1cnc(-c2ccc(C(=O)O)cc2)nc1. The molecule has 0 aliphatic heterocycles. The Hall–Kier alpha value is -2.23. The molecule has 4 heteroatoms. The monoisotopic (exact) mass is 326 g/mol. The van der Waals surface area contributed by atoms with Gasteiger partial charge >= 0.3 is 5.97 Å². The first-order valence-electron chi connectivity index (χ1n) is 8.85. The van der Waals surface area contributed by atoms with Crippen LogP contribution in [0.5, 0.6) is 0 Å². The first-order valence-corrected chi connectivity index (χ1v) is 8.85. The second kappa shape index (κ2) is 9.81. The van der Waals surface area contributed by atoms with Gasteiger partial charge < -0.3 is 5.11 Å². The van der Waals surface area contributed by atoms with Crippen LogP contribution < -0.4 is 0 Å². The summed E-state index contributed by atoms with van der Waals surface area (Å²) in [6.07, 6.45) is 13.9. The van der Waals surface area contributed by atoms with Gasteiger partial charge in [0, 0.05) is 18.0 Å². The van der Waals surface area contributed by atoms with Gasteiger partial charge in [-0.2, -0.15) is 0 Å². The lowest BCUT2D eigenvalue weighted by Crippen LogP contribution is -1.96. The number of hydrogen-bond acceptors (Lipinski definition) is 3. The number of unbranched alkanes of at least 4 members (excludes halogenated alkanes) is 6. The molecular weight excluding hydrogens is 300 g/mol. The minimum absolute atomic E-state index is 0.273. The summed E-state index contributed by atoms with van der Waals surface area (Å²) < 4.78 is 0. The van der Waals surface area contributed by atoms with Gasteiger partial charge in [-0.15, -0.1) is 0 Å². The van der Waals surface area contributed by atoms with Crippen LogP contribution in [0.3, 0.4) is 0 Å². The van der Waals surface area contributed by atoms with E-state index in [1.807, 2.05) is 12.4 Å². The third kappa shape index (κ3) is 5.76. The van der Waals surface area contributed by atoms with Crippen molar-refractivity contribution in [2.45, 2.75) is 58.3 Å². The summed E-state index contributed by atoms with van der Waals surface area (Å²) in [5.74, 6) is -0.289. The van der Waals surface area contributed by atoms with E-state index in [1.54, 1.807) is 24.3 Å². The van der Waals surface area contributed by atoms with Crippen molar-refractivity contribution in [1.29, 1.82) is 0 Å². The van der Waals surface area contributed by atoms with Gasteiger partial charge in [0.05, 0.1) is 5.56 Å². The van der Waals surface area contributed by atoms with Gasteiger partial charge in [-0.25, -0.2) is 14.8 Å². The number of hydrogen-bond donors (Lipinski definition) is 1.